The molecule has 0 atom stereocenters. The lowest BCUT2D eigenvalue weighted by Crippen LogP contribution is -2.10. The van der Waals surface area contributed by atoms with Crippen molar-refractivity contribution in [2.24, 2.45) is 0 Å². The fourth-order valence-corrected chi connectivity index (χ4v) is 2.38. The van der Waals surface area contributed by atoms with Gasteiger partial charge in [0.15, 0.2) is 5.69 Å². The van der Waals surface area contributed by atoms with Crippen LogP contribution in [-0.4, -0.2) is 27.1 Å². The average Bonchev–Trinajstić information content (AvgIpc) is 2.66. The summed E-state index contributed by atoms with van der Waals surface area (Å²) in [5.74, 6) is 0.940. The van der Waals surface area contributed by atoms with Crippen LogP contribution >= 0.6 is 15.9 Å². The molecule has 0 unspecified atom stereocenters. The van der Waals surface area contributed by atoms with Gasteiger partial charge in [-0.15, -0.1) is 0 Å². The number of esters is 1. The van der Waals surface area contributed by atoms with Gasteiger partial charge in [-0.25, -0.2) is 14.8 Å². The first-order valence-corrected chi connectivity index (χ1v) is 6.89. The van der Waals surface area contributed by atoms with Crippen molar-refractivity contribution in [1.29, 1.82) is 0 Å². The summed E-state index contributed by atoms with van der Waals surface area (Å²) in [5.41, 5.74) is 7.06. The lowest BCUT2D eigenvalue weighted by molar-refractivity contribution is 0.0521. The average molecular weight is 339 g/mol. The van der Waals surface area contributed by atoms with Gasteiger partial charge in [-0.1, -0.05) is 0 Å². The number of anilines is 1. The van der Waals surface area contributed by atoms with E-state index in [0.29, 0.717) is 11.6 Å². The minimum absolute atomic E-state index is 0.119. The fraction of sp³-hybridized carbons (Fsp3) is 0.308. The Labute approximate surface area is 125 Å². The van der Waals surface area contributed by atoms with Gasteiger partial charge in [-0.05, 0) is 48.3 Å². The third-order valence-electron chi connectivity index (χ3n) is 2.78. The summed E-state index contributed by atoms with van der Waals surface area (Å²) in [7, 11) is 0. The molecule has 0 saturated heterocycles. The molecular formula is C13H15BrN4O2. The van der Waals surface area contributed by atoms with Crippen LogP contribution in [0.15, 0.2) is 16.7 Å². The van der Waals surface area contributed by atoms with Gasteiger partial charge in [0.25, 0.3) is 0 Å². The van der Waals surface area contributed by atoms with E-state index in [0.717, 1.165) is 10.0 Å². The Morgan fingerprint density at radius 3 is 2.80 bits per heavy atom. The summed E-state index contributed by atoms with van der Waals surface area (Å²) >= 11 is 3.36. The number of halogens is 1. The Bertz CT molecular complexity index is 667. The maximum absolute atomic E-state index is 11.8. The van der Waals surface area contributed by atoms with Crippen LogP contribution in [0.5, 0.6) is 0 Å². The van der Waals surface area contributed by atoms with Crippen LogP contribution in [0.2, 0.25) is 0 Å². The molecular weight excluding hydrogens is 324 g/mol. The van der Waals surface area contributed by atoms with E-state index in [1.807, 2.05) is 13.0 Å². The molecule has 0 aliphatic carbocycles. The quantitative estimate of drug-likeness (QED) is 0.869. The Kier molecular flexibility index (Phi) is 4.08. The second kappa shape index (κ2) is 5.62. The first kappa shape index (κ1) is 14.5. The zero-order valence-corrected chi connectivity index (χ0v) is 13.1. The van der Waals surface area contributed by atoms with Crippen LogP contribution < -0.4 is 5.73 Å². The van der Waals surface area contributed by atoms with Gasteiger partial charge in [0.1, 0.15) is 17.5 Å². The predicted molar refractivity (Wildman–Crippen MR) is 78.9 cm³/mol. The number of carbonyl (C=O) groups is 1. The maximum Gasteiger partial charge on any atom is 0.360 e. The summed E-state index contributed by atoms with van der Waals surface area (Å²) in [6, 6.07) is 1.92. The van der Waals surface area contributed by atoms with E-state index in [2.05, 4.69) is 25.9 Å². The number of aryl methyl sites for hydroxylation is 2. The van der Waals surface area contributed by atoms with Crippen molar-refractivity contribution in [1.82, 2.24) is 14.5 Å². The number of imidazole rings is 1. The zero-order valence-electron chi connectivity index (χ0n) is 11.5. The van der Waals surface area contributed by atoms with Crippen LogP contribution in [0.25, 0.3) is 5.82 Å². The first-order valence-electron chi connectivity index (χ1n) is 6.10. The summed E-state index contributed by atoms with van der Waals surface area (Å²) in [6.07, 6.45) is 1.67. The Balaban J connectivity index is 2.55. The standard InChI is InChI=1S/C13H15BrN4O2/c1-4-20-13(19)10-11(15)18(8(3)17-10)12-7(2)5-9(14)6-16-12/h5-6H,4,15H2,1-3H3. The third-order valence-corrected chi connectivity index (χ3v) is 3.21. The van der Waals surface area contributed by atoms with E-state index in [4.69, 9.17) is 10.5 Å². The molecule has 0 radical (unpaired) electrons. The van der Waals surface area contributed by atoms with Crippen molar-refractivity contribution in [2.75, 3.05) is 12.3 Å². The molecule has 2 aromatic heterocycles. The lowest BCUT2D eigenvalue weighted by Gasteiger charge is -2.10. The first-order chi connectivity index (χ1) is 9.45. The Morgan fingerprint density at radius 2 is 2.20 bits per heavy atom. The molecule has 0 aromatic carbocycles. The number of rotatable bonds is 3. The van der Waals surface area contributed by atoms with Gasteiger partial charge in [-0.2, -0.15) is 0 Å². The van der Waals surface area contributed by atoms with E-state index in [-0.39, 0.29) is 18.1 Å². The summed E-state index contributed by atoms with van der Waals surface area (Å²) < 4.78 is 7.46. The maximum atomic E-state index is 11.8. The van der Waals surface area contributed by atoms with Crippen molar-refractivity contribution >= 4 is 27.7 Å². The van der Waals surface area contributed by atoms with Crippen molar-refractivity contribution in [3.63, 3.8) is 0 Å². The number of carbonyl (C=O) groups excluding carboxylic acids is 1. The molecule has 20 heavy (non-hydrogen) atoms. The molecule has 0 bridgehead atoms. The second-order valence-electron chi connectivity index (χ2n) is 4.24. The minimum atomic E-state index is -0.526. The van der Waals surface area contributed by atoms with E-state index < -0.39 is 5.97 Å². The largest absolute Gasteiger partial charge is 0.461 e. The van der Waals surface area contributed by atoms with E-state index >= 15 is 0 Å². The molecule has 2 heterocycles. The van der Waals surface area contributed by atoms with E-state index in [9.17, 15) is 4.79 Å². The number of aromatic nitrogens is 3. The highest BCUT2D eigenvalue weighted by atomic mass is 79.9. The number of ether oxygens (including phenoxy) is 1. The van der Waals surface area contributed by atoms with Crippen LogP contribution in [0.1, 0.15) is 28.8 Å². The summed E-state index contributed by atoms with van der Waals surface area (Å²) in [6.45, 7) is 5.69. The van der Waals surface area contributed by atoms with E-state index in [1.165, 1.54) is 0 Å². The van der Waals surface area contributed by atoms with Gasteiger partial charge in [-0.3, -0.25) is 4.57 Å². The summed E-state index contributed by atoms with van der Waals surface area (Å²) in [5, 5.41) is 0. The molecule has 106 valence electrons. The Hall–Kier alpha value is -1.89. The van der Waals surface area contributed by atoms with Crippen molar-refractivity contribution in [3.05, 3.63) is 33.8 Å². The number of pyridine rings is 1. The number of nitrogens with two attached hydrogens (primary N) is 1. The monoisotopic (exact) mass is 338 g/mol. The molecule has 0 saturated carbocycles. The normalized spacial score (nSPS) is 10.6. The van der Waals surface area contributed by atoms with Crippen LogP contribution in [0.4, 0.5) is 5.82 Å². The number of hydrogen-bond acceptors (Lipinski definition) is 5. The number of nitrogen functional groups attached to an aromatic ring is 1. The molecule has 2 N–H and O–H groups in total. The van der Waals surface area contributed by atoms with Gasteiger partial charge in [0, 0.05) is 10.7 Å². The summed E-state index contributed by atoms with van der Waals surface area (Å²) in [4.78, 5) is 20.3. The van der Waals surface area contributed by atoms with Crippen molar-refractivity contribution in [3.8, 4) is 5.82 Å². The molecule has 0 spiro atoms. The molecule has 6 nitrogen and oxygen atoms in total. The SMILES string of the molecule is CCOC(=O)c1nc(C)n(-c2ncc(Br)cc2C)c1N. The van der Waals surface area contributed by atoms with E-state index in [1.54, 1.807) is 24.6 Å². The number of hydrogen-bond donors (Lipinski definition) is 1. The molecule has 0 amide bonds. The van der Waals surface area contributed by atoms with Crippen LogP contribution in [0.3, 0.4) is 0 Å². The molecule has 2 aromatic rings. The van der Waals surface area contributed by atoms with Crippen molar-refractivity contribution < 1.29 is 9.53 Å². The highest BCUT2D eigenvalue weighted by Gasteiger charge is 2.21. The van der Waals surface area contributed by atoms with Crippen molar-refractivity contribution in [2.45, 2.75) is 20.8 Å². The minimum Gasteiger partial charge on any atom is -0.461 e. The van der Waals surface area contributed by atoms with Gasteiger partial charge in [0.2, 0.25) is 0 Å². The second-order valence-corrected chi connectivity index (χ2v) is 5.16. The molecule has 2 rings (SSSR count). The highest BCUT2D eigenvalue weighted by Crippen LogP contribution is 2.23. The molecule has 7 heteroatoms. The smallest absolute Gasteiger partial charge is 0.360 e. The van der Waals surface area contributed by atoms with Crippen LogP contribution in [0, 0.1) is 13.8 Å². The van der Waals surface area contributed by atoms with Crippen LogP contribution in [-0.2, 0) is 4.74 Å². The lowest BCUT2D eigenvalue weighted by atomic mass is 10.3. The molecule has 0 aliphatic heterocycles. The number of nitrogens with zero attached hydrogens (tertiary/aromatic N) is 3. The molecule has 0 fully saturated rings. The van der Waals surface area contributed by atoms with Gasteiger partial charge in [0.05, 0.1) is 6.61 Å². The van der Waals surface area contributed by atoms with Gasteiger partial charge >= 0.3 is 5.97 Å². The highest BCUT2D eigenvalue weighted by molar-refractivity contribution is 9.10. The predicted octanol–water partition coefficient (Wildman–Crippen LogP) is 2.41. The Morgan fingerprint density at radius 1 is 1.50 bits per heavy atom. The third kappa shape index (κ3) is 2.53. The molecule has 0 aliphatic rings. The van der Waals surface area contributed by atoms with Gasteiger partial charge < -0.3 is 10.5 Å². The fourth-order valence-electron chi connectivity index (χ4n) is 1.93. The topological polar surface area (TPSA) is 83.0 Å². The zero-order chi connectivity index (χ0) is 14.9.